The summed E-state index contributed by atoms with van der Waals surface area (Å²) in [5.74, 6) is 1.22. The van der Waals surface area contributed by atoms with Gasteiger partial charge >= 0.3 is 0 Å². The molecule has 0 aromatic heterocycles. The number of halogens is 2. The maximum absolute atomic E-state index is 10.1. The first-order valence-corrected chi connectivity index (χ1v) is 9.19. The summed E-state index contributed by atoms with van der Waals surface area (Å²) in [7, 11) is 0. The van der Waals surface area contributed by atoms with Gasteiger partial charge in [-0.1, -0.05) is 59.6 Å². The smallest absolute Gasteiger partial charge is 0.218 e. The van der Waals surface area contributed by atoms with Gasteiger partial charge in [-0.05, 0) is 47.0 Å². The molecule has 136 valence electrons. The predicted molar refractivity (Wildman–Crippen MR) is 107 cm³/mol. The van der Waals surface area contributed by atoms with E-state index in [2.05, 4.69) is 0 Å². The third kappa shape index (κ3) is 3.96. The van der Waals surface area contributed by atoms with E-state index in [1.807, 2.05) is 48.5 Å². The van der Waals surface area contributed by atoms with E-state index in [9.17, 15) is 5.11 Å². The molecular formula is C22H16Cl2O3. The minimum absolute atomic E-state index is 0.347. The standard InChI is InChI=1S/C22H16Cl2O3/c23-19-9-6-14(10-20(19)24)13-26-16-7-8-17-18(15-4-2-1-3-5-15)12-22(25)27-21(17)11-16/h1-12,22,25H,13H2. The van der Waals surface area contributed by atoms with Gasteiger partial charge in [-0.15, -0.1) is 0 Å². The van der Waals surface area contributed by atoms with E-state index in [0.29, 0.717) is 28.2 Å². The molecule has 3 aromatic rings. The molecule has 1 atom stereocenters. The predicted octanol–water partition coefficient (Wildman–Crippen LogP) is 5.71. The Morgan fingerprint density at radius 2 is 1.74 bits per heavy atom. The monoisotopic (exact) mass is 398 g/mol. The van der Waals surface area contributed by atoms with Gasteiger partial charge in [0.15, 0.2) is 0 Å². The van der Waals surface area contributed by atoms with Crippen molar-refractivity contribution in [1.29, 1.82) is 0 Å². The second-order valence-electron chi connectivity index (χ2n) is 6.15. The third-order valence-electron chi connectivity index (χ3n) is 4.27. The third-order valence-corrected chi connectivity index (χ3v) is 5.01. The zero-order valence-electron chi connectivity index (χ0n) is 14.2. The van der Waals surface area contributed by atoms with E-state index in [4.69, 9.17) is 32.7 Å². The first kappa shape index (κ1) is 17.9. The van der Waals surface area contributed by atoms with Crippen LogP contribution in [0.15, 0.2) is 72.8 Å². The molecule has 0 spiro atoms. The second kappa shape index (κ2) is 7.65. The summed E-state index contributed by atoms with van der Waals surface area (Å²) < 4.78 is 11.4. The minimum Gasteiger partial charge on any atom is -0.489 e. The van der Waals surface area contributed by atoms with Crippen molar-refractivity contribution in [2.24, 2.45) is 0 Å². The Morgan fingerprint density at radius 1 is 0.926 bits per heavy atom. The van der Waals surface area contributed by atoms with E-state index >= 15 is 0 Å². The van der Waals surface area contributed by atoms with Crippen molar-refractivity contribution in [3.63, 3.8) is 0 Å². The topological polar surface area (TPSA) is 38.7 Å². The number of fused-ring (bicyclic) bond motifs is 1. The largest absolute Gasteiger partial charge is 0.489 e. The average Bonchev–Trinajstić information content (AvgIpc) is 2.68. The van der Waals surface area contributed by atoms with E-state index in [-0.39, 0.29) is 0 Å². The zero-order valence-corrected chi connectivity index (χ0v) is 15.7. The molecule has 0 bridgehead atoms. The lowest BCUT2D eigenvalue weighted by Crippen LogP contribution is -2.18. The maximum atomic E-state index is 10.1. The van der Waals surface area contributed by atoms with Gasteiger partial charge in [0.1, 0.15) is 18.1 Å². The number of hydrogen-bond acceptors (Lipinski definition) is 3. The zero-order chi connectivity index (χ0) is 18.8. The highest BCUT2D eigenvalue weighted by molar-refractivity contribution is 6.42. The number of hydrogen-bond donors (Lipinski definition) is 1. The fraction of sp³-hybridized carbons (Fsp3) is 0.0909. The Bertz CT molecular complexity index is 1000. The van der Waals surface area contributed by atoms with Crippen LogP contribution in [0.2, 0.25) is 10.0 Å². The lowest BCUT2D eigenvalue weighted by atomic mass is 9.95. The van der Waals surface area contributed by atoms with E-state index in [0.717, 1.165) is 22.3 Å². The van der Waals surface area contributed by atoms with E-state index in [1.54, 1.807) is 24.3 Å². The van der Waals surface area contributed by atoms with Crippen molar-refractivity contribution >= 4 is 28.8 Å². The molecule has 1 heterocycles. The summed E-state index contributed by atoms with van der Waals surface area (Å²) >= 11 is 12.0. The molecule has 4 rings (SSSR count). The molecule has 0 saturated heterocycles. The highest BCUT2D eigenvalue weighted by Crippen LogP contribution is 2.38. The molecule has 0 aliphatic carbocycles. The van der Waals surface area contributed by atoms with E-state index < -0.39 is 6.29 Å². The first-order chi connectivity index (χ1) is 13.1. The van der Waals surface area contributed by atoms with Gasteiger partial charge < -0.3 is 14.6 Å². The van der Waals surface area contributed by atoms with Crippen LogP contribution in [-0.4, -0.2) is 11.4 Å². The molecule has 1 aliphatic rings. The highest BCUT2D eigenvalue weighted by atomic mass is 35.5. The SMILES string of the molecule is OC1C=C(c2ccccc2)c2ccc(OCc3ccc(Cl)c(Cl)c3)cc2O1. The van der Waals surface area contributed by atoms with Gasteiger partial charge in [-0.2, -0.15) is 0 Å². The Kier molecular flexibility index (Phi) is 5.08. The van der Waals surface area contributed by atoms with Crippen LogP contribution >= 0.6 is 23.2 Å². The molecule has 27 heavy (non-hydrogen) atoms. The van der Waals surface area contributed by atoms with Gasteiger partial charge in [0.2, 0.25) is 6.29 Å². The molecule has 3 aromatic carbocycles. The number of aliphatic hydroxyl groups is 1. The van der Waals surface area contributed by atoms with Crippen LogP contribution < -0.4 is 9.47 Å². The van der Waals surface area contributed by atoms with Crippen molar-refractivity contribution < 1.29 is 14.6 Å². The van der Waals surface area contributed by atoms with Crippen LogP contribution in [-0.2, 0) is 6.61 Å². The fourth-order valence-corrected chi connectivity index (χ4v) is 3.30. The molecule has 5 heteroatoms. The maximum Gasteiger partial charge on any atom is 0.218 e. The lowest BCUT2D eigenvalue weighted by molar-refractivity contribution is 0.0224. The molecule has 1 unspecified atom stereocenters. The van der Waals surface area contributed by atoms with Crippen molar-refractivity contribution in [1.82, 2.24) is 0 Å². The van der Waals surface area contributed by atoms with Crippen LogP contribution in [0.4, 0.5) is 0 Å². The first-order valence-electron chi connectivity index (χ1n) is 8.43. The fourth-order valence-electron chi connectivity index (χ4n) is 2.97. The van der Waals surface area contributed by atoms with Crippen molar-refractivity contribution in [2.75, 3.05) is 0 Å². The molecular weight excluding hydrogens is 383 g/mol. The summed E-state index contributed by atoms with van der Waals surface area (Å²) in [6.45, 7) is 0.347. The van der Waals surface area contributed by atoms with Gasteiger partial charge in [0.25, 0.3) is 0 Å². The summed E-state index contributed by atoms with van der Waals surface area (Å²) in [6.07, 6.45) is 0.700. The van der Waals surface area contributed by atoms with Crippen molar-refractivity contribution in [2.45, 2.75) is 12.9 Å². The molecule has 0 saturated carbocycles. The summed E-state index contributed by atoms with van der Waals surface area (Å²) in [5.41, 5.74) is 3.77. The van der Waals surface area contributed by atoms with Crippen LogP contribution in [0.25, 0.3) is 5.57 Å². The Labute approximate surface area is 167 Å². The number of benzene rings is 3. The molecule has 1 aliphatic heterocycles. The molecule has 1 N–H and O–H groups in total. The summed E-state index contributed by atoms with van der Waals surface area (Å²) in [6, 6.07) is 20.9. The number of aliphatic hydroxyl groups excluding tert-OH is 1. The van der Waals surface area contributed by atoms with Crippen LogP contribution in [0, 0.1) is 0 Å². The van der Waals surface area contributed by atoms with Crippen molar-refractivity contribution in [3.8, 4) is 11.5 Å². The van der Waals surface area contributed by atoms with Crippen LogP contribution in [0.5, 0.6) is 11.5 Å². The quantitative estimate of drug-likeness (QED) is 0.610. The Morgan fingerprint density at radius 3 is 2.52 bits per heavy atom. The van der Waals surface area contributed by atoms with Gasteiger partial charge in [0.05, 0.1) is 10.0 Å². The lowest BCUT2D eigenvalue weighted by Gasteiger charge is -2.23. The average molecular weight is 399 g/mol. The van der Waals surface area contributed by atoms with Gasteiger partial charge in [-0.25, -0.2) is 0 Å². The summed E-state index contributed by atoms with van der Waals surface area (Å²) in [5, 5.41) is 11.1. The van der Waals surface area contributed by atoms with E-state index in [1.165, 1.54) is 0 Å². The molecule has 0 radical (unpaired) electrons. The molecule has 0 fully saturated rings. The second-order valence-corrected chi connectivity index (χ2v) is 6.96. The van der Waals surface area contributed by atoms with Crippen LogP contribution in [0.3, 0.4) is 0 Å². The van der Waals surface area contributed by atoms with Gasteiger partial charge in [-0.3, -0.25) is 0 Å². The Balaban J connectivity index is 1.57. The normalized spacial score (nSPS) is 15.5. The summed E-state index contributed by atoms with van der Waals surface area (Å²) in [4.78, 5) is 0. The van der Waals surface area contributed by atoms with Crippen molar-refractivity contribution in [3.05, 3.63) is 99.5 Å². The molecule has 0 amide bonds. The molecule has 3 nitrogen and oxygen atoms in total. The van der Waals surface area contributed by atoms with Crippen LogP contribution in [0.1, 0.15) is 16.7 Å². The number of rotatable bonds is 4. The minimum atomic E-state index is -1.00. The van der Waals surface area contributed by atoms with Gasteiger partial charge in [0, 0.05) is 11.6 Å². The highest BCUT2D eigenvalue weighted by Gasteiger charge is 2.20. The number of ether oxygens (including phenoxy) is 2. The Hall–Kier alpha value is -2.46.